The molecule has 1 aromatic rings. The van der Waals surface area contributed by atoms with E-state index in [1.807, 2.05) is 11.5 Å². The Morgan fingerprint density at radius 3 is 2.60 bits per heavy atom. The molecule has 0 aliphatic carbocycles. The van der Waals surface area contributed by atoms with Gasteiger partial charge in [0.15, 0.2) is 0 Å². The van der Waals surface area contributed by atoms with Crippen LogP contribution < -0.4 is 0 Å². The SMILES string of the molecule is CC(=C=CSc1ccccc1)CC(C)C. The Hall–Kier alpha value is -0.910. The van der Waals surface area contributed by atoms with Gasteiger partial charge in [0.25, 0.3) is 0 Å². The minimum Gasteiger partial charge on any atom is -0.115 e. The van der Waals surface area contributed by atoms with Crippen molar-refractivity contribution in [3.05, 3.63) is 47.0 Å². The van der Waals surface area contributed by atoms with Gasteiger partial charge in [0, 0.05) is 10.3 Å². The third-order valence-corrected chi connectivity index (χ3v) is 2.74. The lowest BCUT2D eigenvalue weighted by atomic mass is 10.1. The summed E-state index contributed by atoms with van der Waals surface area (Å²) in [5.41, 5.74) is 4.64. The lowest BCUT2D eigenvalue weighted by Gasteiger charge is -2.00. The number of thioether (sulfide) groups is 1. The molecule has 1 heteroatoms. The van der Waals surface area contributed by atoms with Crippen molar-refractivity contribution >= 4 is 11.8 Å². The van der Waals surface area contributed by atoms with Crippen LogP contribution in [-0.2, 0) is 0 Å². The van der Waals surface area contributed by atoms with Crippen LogP contribution in [0.25, 0.3) is 0 Å². The average molecular weight is 218 g/mol. The maximum atomic E-state index is 3.32. The molecule has 0 fully saturated rings. The van der Waals surface area contributed by atoms with Gasteiger partial charge in [-0.15, -0.1) is 5.73 Å². The van der Waals surface area contributed by atoms with E-state index in [0.717, 1.165) is 6.42 Å². The van der Waals surface area contributed by atoms with Gasteiger partial charge in [0.05, 0.1) is 0 Å². The van der Waals surface area contributed by atoms with E-state index in [0.29, 0.717) is 5.92 Å². The molecular weight excluding hydrogens is 200 g/mol. The monoisotopic (exact) mass is 218 g/mol. The number of hydrogen-bond donors (Lipinski definition) is 0. The van der Waals surface area contributed by atoms with Crippen molar-refractivity contribution in [3.63, 3.8) is 0 Å². The van der Waals surface area contributed by atoms with Crippen molar-refractivity contribution in [1.29, 1.82) is 0 Å². The first kappa shape index (κ1) is 12.2. The van der Waals surface area contributed by atoms with Crippen LogP contribution >= 0.6 is 11.8 Å². The average Bonchev–Trinajstić information content (AvgIpc) is 2.18. The Morgan fingerprint density at radius 2 is 2.00 bits per heavy atom. The molecule has 1 rings (SSSR count). The normalized spacial score (nSPS) is 9.87. The first-order valence-electron chi connectivity index (χ1n) is 5.31. The zero-order chi connectivity index (χ0) is 11.1. The summed E-state index contributed by atoms with van der Waals surface area (Å²) in [4.78, 5) is 1.27. The van der Waals surface area contributed by atoms with Gasteiger partial charge in [-0.1, -0.05) is 43.8 Å². The van der Waals surface area contributed by atoms with Gasteiger partial charge in [-0.2, -0.15) is 0 Å². The molecule has 0 aliphatic rings. The maximum absolute atomic E-state index is 3.32. The summed E-state index contributed by atoms with van der Waals surface area (Å²) in [6.45, 7) is 6.60. The van der Waals surface area contributed by atoms with E-state index >= 15 is 0 Å². The molecule has 0 nitrogen and oxygen atoms in total. The summed E-state index contributed by atoms with van der Waals surface area (Å²) in [5, 5.41) is 2.05. The van der Waals surface area contributed by atoms with Crippen molar-refractivity contribution in [3.8, 4) is 0 Å². The molecule has 0 saturated heterocycles. The van der Waals surface area contributed by atoms with Crippen molar-refractivity contribution in [2.75, 3.05) is 0 Å². The van der Waals surface area contributed by atoms with E-state index in [1.165, 1.54) is 10.5 Å². The van der Waals surface area contributed by atoms with E-state index in [-0.39, 0.29) is 0 Å². The van der Waals surface area contributed by atoms with Gasteiger partial charge in [0.2, 0.25) is 0 Å². The van der Waals surface area contributed by atoms with Crippen molar-refractivity contribution in [2.45, 2.75) is 32.1 Å². The quantitative estimate of drug-likeness (QED) is 0.512. The summed E-state index contributed by atoms with van der Waals surface area (Å²) < 4.78 is 0. The van der Waals surface area contributed by atoms with Crippen LogP contribution in [0.3, 0.4) is 0 Å². The molecule has 0 spiro atoms. The molecule has 80 valence electrons. The Morgan fingerprint density at radius 1 is 1.33 bits per heavy atom. The minimum absolute atomic E-state index is 0.715. The Balaban J connectivity index is 2.52. The first-order chi connectivity index (χ1) is 7.18. The molecule has 0 N–H and O–H groups in total. The molecular formula is C14H18S. The second-order valence-corrected chi connectivity index (χ2v) is 5.01. The molecule has 1 aromatic carbocycles. The van der Waals surface area contributed by atoms with E-state index in [9.17, 15) is 0 Å². The minimum atomic E-state index is 0.715. The van der Waals surface area contributed by atoms with Gasteiger partial charge >= 0.3 is 0 Å². The number of benzene rings is 1. The number of hydrogen-bond acceptors (Lipinski definition) is 1. The van der Waals surface area contributed by atoms with Crippen LogP contribution in [0.4, 0.5) is 0 Å². The summed E-state index contributed by atoms with van der Waals surface area (Å²) in [6, 6.07) is 10.4. The third kappa shape index (κ3) is 5.51. The van der Waals surface area contributed by atoms with Gasteiger partial charge in [0.1, 0.15) is 0 Å². The lowest BCUT2D eigenvalue weighted by molar-refractivity contribution is 0.643. The summed E-state index contributed by atoms with van der Waals surface area (Å²) in [6.07, 6.45) is 1.13. The van der Waals surface area contributed by atoms with Gasteiger partial charge in [-0.25, -0.2) is 0 Å². The van der Waals surface area contributed by atoms with Gasteiger partial charge in [-0.05, 0) is 37.0 Å². The van der Waals surface area contributed by atoms with Crippen LogP contribution in [0.15, 0.2) is 51.9 Å². The fourth-order valence-corrected chi connectivity index (χ4v) is 2.08. The molecule has 0 bridgehead atoms. The van der Waals surface area contributed by atoms with Crippen LogP contribution in [0, 0.1) is 5.92 Å². The van der Waals surface area contributed by atoms with Crippen LogP contribution in [0.1, 0.15) is 27.2 Å². The van der Waals surface area contributed by atoms with E-state index < -0.39 is 0 Å². The number of allylic oxidation sites excluding steroid dienone is 1. The van der Waals surface area contributed by atoms with Crippen molar-refractivity contribution < 1.29 is 0 Å². The van der Waals surface area contributed by atoms with Crippen LogP contribution in [-0.4, -0.2) is 0 Å². The molecule has 0 heterocycles. The summed E-state index contributed by atoms with van der Waals surface area (Å²) >= 11 is 1.72. The fraction of sp³-hybridized carbons (Fsp3) is 0.357. The zero-order valence-electron chi connectivity index (χ0n) is 9.66. The molecule has 0 unspecified atom stereocenters. The predicted octanol–water partition coefficient (Wildman–Crippen LogP) is 4.88. The predicted molar refractivity (Wildman–Crippen MR) is 69.0 cm³/mol. The second-order valence-electron chi connectivity index (χ2n) is 4.07. The topological polar surface area (TPSA) is 0 Å². The Labute approximate surface area is 97.1 Å². The summed E-state index contributed by atoms with van der Waals surface area (Å²) in [7, 11) is 0. The maximum Gasteiger partial charge on any atom is 0.0178 e. The summed E-state index contributed by atoms with van der Waals surface area (Å²) in [5.74, 6) is 0.715. The smallest absolute Gasteiger partial charge is 0.0178 e. The van der Waals surface area contributed by atoms with Gasteiger partial charge < -0.3 is 0 Å². The molecule has 0 radical (unpaired) electrons. The molecule has 0 aromatic heterocycles. The largest absolute Gasteiger partial charge is 0.115 e. The highest BCUT2D eigenvalue weighted by Crippen LogP contribution is 2.18. The van der Waals surface area contributed by atoms with Gasteiger partial charge in [-0.3, -0.25) is 0 Å². The van der Waals surface area contributed by atoms with Crippen LogP contribution in [0.2, 0.25) is 0 Å². The van der Waals surface area contributed by atoms with E-state index in [2.05, 4.69) is 50.8 Å². The molecule has 0 saturated carbocycles. The van der Waals surface area contributed by atoms with Crippen molar-refractivity contribution in [2.24, 2.45) is 5.92 Å². The first-order valence-corrected chi connectivity index (χ1v) is 6.19. The standard InChI is InChI=1S/C14H18S/c1-12(2)11-13(3)9-10-15-14-7-5-4-6-8-14/h4-8,10,12H,11H2,1-3H3. The molecule has 15 heavy (non-hydrogen) atoms. The zero-order valence-corrected chi connectivity index (χ0v) is 10.5. The fourth-order valence-electron chi connectivity index (χ4n) is 1.37. The second kappa shape index (κ2) is 6.55. The van der Waals surface area contributed by atoms with Crippen molar-refractivity contribution in [1.82, 2.24) is 0 Å². The van der Waals surface area contributed by atoms with E-state index in [4.69, 9.17) is 0 Å². The Bertz CT molecular complexity index is 343. The molecule has 0 amide bonds. The highest BCUT2D eigenvalue weighted by atomic mass is 32.2. The molecule has 0 atom stereocenters. The molecule has 0 aliphatic heterocycles. The van der Waals surface area contributed by atoms with Crippen LogP contribution in [0.5, 0.6) is 0 Å². The van der Waals surface area contributed by atoms with E-state index in [1.54, 1.807) is 11.8 Å². The Kier molecular flexibility index (Phi) is 5.31. The highest BCUT2D eigenvalue weighted by molar-refractivity contribution is 8.02. The third-order valence-electron chi connectivity index (χ3n) is 1.96. The lowest BCUT2D eigenvalue weighted by Crippen LogP contribution is -1.85. The highest BCUT2D eigenvalue weighted by Gasteiger charge is 1.93. The number of rotatable bonds is 4.